The largest absolute Gasteiger partial charge is 0.444 e. The van der Waals surface area contributed by atoms with E-state index in [1.165, 1.54) is 18.5 Å². The standard InChI is InChI=1S/C22H22Cl2FN5O2/c1-22(2,3)32-21(31)30-7-6-12(10-30)16-8-13-17(9-26-16)27-11-28-20(13)29-15-5-4-14(23)18(24)19(15)25/h4-5,8-9,11-12H,6-7,10H2,1-3H3,(H,27,28,29)/t12-/m0/s1. The first-order chi connectivity index (χ1) is 15.1. The van der Waals surface area contributed by atoms with Crippen LogP contribution in [0.4, 0.5) is 20.7 Å². The molecule has 3 heterocycles. The molecule has 10 heteroatoms. The summed E-state index contributed by atoms with van der Waals surface area (Å²) in [5, 5.41) is 3.62. The minimum Gasteiger partial charge on any atom is -0.444 e. The van der Waals surface area contributed by atoms with Crippen molar-refractivity contribution in [3.8, 4) is 0 Å². The number of fused-ring (bicyclic) bond motifs is 1. The van der Waals surface area contributed by atoms with Crippen molar-refractivity contribution in [1.29, 1.82) is 0 Å². The quantitative estimate of drug-likeness (QED) is 0.470. The van der Waals surface area contributed by atoms with E-state index in [4.69, 9.17) is 27.9 Å². The molecule has 0 saturated carbocycles. The van der Waals surface area contributed by atoms with Gasteiger partial charge in [0.25, 0.3) is 0 Å². The van der Waals surface area contributed by atoms with E-state index in [1.54, 1.807) is 11.1 Å². The Balaban J connectivity index is 1.60. The van der Waals surface area contributed by atoms with Gasteiger partial charge in [0.15, 0.2) is 5.82 Å². The molecule has 0 aliphatic carbocycles. The molecule has 168 valence electrons. The summed E-state index contributed by atoms with van der Waals surface area (Å²) in [5.41, 5.74) is 1.01. The molecule has 1 aromatic carbocycles. The summed E-state index contributed by atoms with van der Waals surface area (Å²) in [4.78, 5) is 27.1. The van der Waals surface area contributed by atoms with E-state index in [0.717, 1.165) is 12.1 Å². The predicted octanol–water partition coefficient (Wildman–Crippen LogP) is 5.94. The van der Waals surface area contributed by atoms with Crippen molar-refractivity contribution < 1.29 is 13.9 Å². The second kappa shape index (κ2) is 8.67. The van der Waals surface area contributed by atoms with Gasteiger partial charge in [-0.1, -0.05) is 23.2 Å². The third-order valence-electron chi connectivity index (χ3n) is 5.09. The van der Waals surface area contributed by atoms with Gasteiger partial charge < -0.3 is 15.0 Å². The summed E-state index contributed by atoms with van der Waals surface area (Å²) in [6.07, 6.45) is 3.46. The minimum absolute atomic E-state index is 0.0432. The van der Waals surface area contributed by atoms with Crippen molar-refractivity contribution in [3.05, 3.63) is 52.3 Å². The Morgan fingerprint density at radius 3 is 2.78 bits per heavy atom. The summed E-state index contributed by atoms with van der Waals surface area (Å²) >= 11 is 11.8. The van der Waals surface area contributed by atoms with Gasteiger partial charge in [0.1, 0.15) is 17.7 Å². The highest BCUT2D eigenvalue weighted by Gasteiger charge is 2.31. The number of benzene rings is 1. The summed E-state index contributed by atoms with van der Waals surface area (Å²) < 4.78 is 20.0. The number of carbonyl (C=O) groups excluding carboxylic acids is 1. The summed E-state index contributed by atoms with van der Waals surface area (Å²) in [6.45, 7) is 6.62. The molecule has 1 amide bonds. The Hall–Kier alpha value is -2.71. The van der Waals surface area contributed by atoms with Gasteiger partial charge >= 0.3 is 6.09 Å². The van der Waals surface area contributed by atoms with Crippen LogP contribution in [0.15, 0.2) is 30.7 Å². The topological polar surface area (TPSA) is 80.2 Å². The molecular formula is C22H22Cl2FN5O2. The van der Waals surface area contributed by atoms with Crippen LogP contribution in [-0.2, 0) is 4.74 Å². The van der Waals surface area contributed by atoms with Crippen LogP contribution >= 0.6 is 23.2 Å². The smallest absolute Gasteiger partial charge is 0.410 e. The fourth-order valence-electron chi connectivity index (χ4n) is 3.54. The van der Waals surface area contributed by atoms with Crippen molar-refractivity contribution in [3.63, 3.8) is 0 Å². The number of aromatic nitrogens is 3. The fraction of sp³-hybridized carbons (Fsp3) is 0.364. The highest BCUT2D eigenvalue weighted by molar-refractivity contribution is 6.42. The van der Waals surface area contributed by atoms with Gasteiger partial charge in [-0.15, -0.1) is 0 Å². The van der Waals surface area contributed by atoms with Crippen LogP contribution in [0.1, 0.15) is 38.8 Å². The number of ether oxygens (including phenoxy) is 1. The Labute approximate surface area is 194 Å². The van der Waals surface area contributed by atoms with Crippen molar-refractivity contribution in [2.45, 2.75) is 38.7 Å². The second-order valence-electron chi connectivity index (χ2n) is 8.61. The van der Waals surface area contributed by atoms with E-state index in [-0.39, 0.29) is 27.7 Å². The first-order valence-electron chi connectivity index (χ1n) is 10.1. The van der Waals surface area contributed by atoms with Crippen LogP contribution in [0.5, 0.6) is 0 Å². The summed E-state index contributed by atoms with van der Waals surface area (Å²) in [7, 11) is 0. The number of rotatable bonds is 3. The van der Waals surface area contributed by atoms with E-state index in [2.05, 4.69) is 20.3 Å². The lowest BCUT2D eigenvalue weighted by Gasteiger charge is -2.24. The molecule has 1 atom stereocenters. The number of amides is 1. The van der Waals surface area contributed by atoms with E-state index in [0.29, 0.717) is 29.8 Å². The molecule has 0 bridgehead atoms. The van der Waals surface area contributed by atoms with Crippen LogP contribution in [0.3, 0.4) is 0 Å². The Kier molecular flexibility index (Phi) is 6.09. The Bertz CT molecular complexity index is 1180. The molecular weight excluding hydrogens is 456 g/mol. The van der Waals surface area contributed by atoms with Gasteiger partial charge in [-0.05, 0) is 45.4 Å². The molecule has 32 heavy (non-hydrogen) atoms. The lowest BCUT2D eigenvalue weighted by molar-refractivity contribution is 0.0292. The van der Waals surface area contributed by atoms with Crippen molar-refractivity contribution in [2.24, 2.45) is 0 Å². The van der Waals surface area contributed by atoms with Gasteiger partial charge in [0.05, 0.1) is 27.4 Å². The predicted molar refractivity (Wildman–Crippen MR) is 122 cm³/mol. The maximum atomic E-state index is 14.5. The highest BCUT2D eigenvalue weighted by Crippen LogP contribution is 2.34. The zero-order valence-corrected chi connectivity index (χ0v) is 19.3. The molecule has 1 aliphatic heterocycles. The van der Waals surface area contributed by atoms with Crippen LogP contribution in [0, 0.1) is 5.82 Å². The van der Waals surface area contributed by atoms with Crippen LogP contribution in [-0.4, -0.2) is 44.6 Å². The summed E-state index contributed by atoms with van der Waals surface area (Å²) in [5.74, 6) is -0.205. The zero-order chi connectivity index (χ0) is 23.0. The van der Waals surface area contributed by atoms with Gasteiger partial charge in [-0.2, -0.15) is 0 Å². The number of nitrogens with zero attached hydrogens (tertiary/aromatic N) is 4. The molecule has 4 rings (SSSR count). The lowest BCUT2D eigenvalue weighted by Crippen LogP contribution is -2.35. The average Bonchev–Trinajstić information content (AvgIpc) is 3.23. The van der Waals surface area contributed by atoms with E-state index in [9.17, 15) is 9.18 Å². The van der Waals surface area contributed by atoms with Gasteiger partial charge in [0.2, 0.25) is 0 Å². The van der Waals surface area contributed by atoms with Crippen molar-refractivity contribution >= 4 is 51.7 Å². The van der Waals surface area contributed by atoms with E-state index in [1.807, 2.05) is 26.8 Å². The normalized spacial score (nSPS) is 16.4. The zero-order valence-electron chi connectivity index (χ0n) is 17.8. The molecule has 1 saturated heterocycles. The number of nitrogens with one attached hydrogen (secondary N) is 1. The molecule has 3 aromatic rings. The molecule has 0 radical (unpaired) electrons. The SMILES string of the molecule is CC(C)(C)OC(=O)N1CC[C@H](c2cc3c(Nc4ccc(Cl)c(Cl)c4F)ncnc3cn2)C1. The molecule has 0 unspecified atom stereocenters. The molecule has 1 aliphatic rings. The molecule has 0 spiro atoms. The van der Waals surface area contributed by atoms with E-state index < -0.39 is 11.4 Å². The van der Waals surface area contributed by atoms with Crippen molar-refractivity contribution in [2.75, 3.05) is 18.4 Å². The number of hydrogen-bond acceptors (Lipinski definition) is 6. The molecule has 2 aromatic heterocycles. The third kappa shape index (κ3) is 4.71. The second-order valence-corrected chi connectivity index (χ2v) is 9.39. The van der Waals surface area contributed by atoms with Crippen LogP contribution in [0.25, 0.3) is 10.9 Å². The number of carbonyl (C=O) groups is 1. The third-order valence-corrected chi connectivity index (χ3v) is 5.87. The van der Waals surface area contributed by atoms with Crippen LogP contribution in [0.2, 0.25) is 10.0 Å². The first-order valence-corrected chi connectivity index (χ1v) is 10.9. The summed E-state index contributed by atoms with van der Waals surface area (Å²) in [6, 6.07) is 4.88. The molecule has 1 fully saturated rings. The maximum Gasteiger partial charge on any atom is 0.410 e. The van der Waals surface area contributed by atoms with E-state index >= 15 is 0 Å². The Morgan fingerprint density at radius 1 is 1.25 bits per heavy atom. The monoisotopic (exact) mass is 477 g/mol. The van der Waals surface area contributed by atoms with Crippen molar-refractivity contribution in [1.82, 2.24) is 19.9 Å². The Morgan fingerprint density at radius 2 is 2.03 bits per heavy atom. The van der Waals surface area contributed by atoms with Gasteiger partial charge in [0, 0.05) is 30.1 Å². The average molecular weight is 478 g/mol. The fourth-order valence-corrected chi connectivity index (χ4v) is 3.85. The maximum absolute atomic E-state index is 14.5. The number of anilines is 2. The van der Waals surface area contributed by atoms with Crippen LogP contribution < -0.4 is 5.32 Å². The number of halogens is 3. The van der Waals surface area contributed by atoms with Gasteiger partial charge in [-0.3, -0.25) is 4.98 Å². The number of pyridine rings is 1. The number of hydrogen-bond donors (Lipinski definition) is 1. The number of likely N-dealkylation sites (tertiary alicyclic amines) is 1. The lowest BCUT2D eigenvalue weighted by atomic mass is 10.0. The highest BCUT2D eigenvalue weighted by atomic mass is 35.5. The molecule has 7 nitrogen and oxygen atoms in total. The first kappa shape index (κ1) is 22.5. The molecule has 1 N–H and O–H groups in total. The van der Waals surface area contributed by atoms with Gasteiger partial charge in [-0.25, -0.2) is 19.2 Å². The minimum atomic E-state index is -0.663.